The maximum atomic E-state index is 2.39. The number of hydrogen-bond donors (Lipinski definition) is 0. The molecule has 0 heterocycles. The van der Waals surface area contributed by atoms with Gasteiger partial charge in [0.05, 0.1) is 0 Å². The van der Waals surface area contributed by atoms with Gasteiger partial charge in [-0.3, -0.25) is 0 Å². The third-order valence-corrected chi connectivity index (χ3v) is 11.8. The van der Waals surface area contributed by atoms with Crippen molar-refractivity contribution in [2.45, 2.75) is 0 Å². The molecule has 59 heavy (non-hydrogen) atoms. The van der Waals surface area contributed by atoms with Gasteiger partial charge < -0.3 is 4.90 Å². The molecule has 0 N–H and O–H groups in total. The van der Waals surface area contributed by atoms with Crippen molar-refractivity contribution in [1.29, 1.82) is 0 Å². The summed E-state index contributed by atoms with van der Waals surface area (Å²) in [6.07, 6.45) is 0. The van der Waals surface area contributed by atoms with Crippen LogP contribution in [0.3, 0.4) is 0 Å². The second-order valence-corrected chi connectivity index (χ2v) is 15.4. The summed E-state index contributed by atoms with van der Waals surface area (Å²) in [6.45, 7) is 0. The van der Waals surface area contributed by atoms with E-state index in [1.807, 2.05) is 0 Å². The number of anilines is 3. The van der Waals surface area contributed by atoms with Crippen molar-refractivity contribution in [2.75, 3.05) is 4.90 Å². The van der Waals surface area contributed by atoms with Gasteiger partial charge in [-0.15, -0.1) is 0 Å². The van der Waals surface area contributed by atoms with Crippen LogP contribution in [0.2, 0.25) is 0 Å². The highest BCUT2D eigenvalue weighted by atomic mass is 15.1. The molecule has 0 fully saturated rings. The van der Waals surface area contributed by atoms with Gasteiger partial charge in [-0.25, -0.2) is 0 Å². The van der Waals surface area contributed by atoms with E-state index in [9.17, 15) is 0 Å². The summed E-state index contributed by atoms with van der Waals surface area (Å²) in [5.41, 5.74) is 12.9. The van der Waals surface area contributed by atoms with E-state index in [1.165, 1.54) is 87.6 Å². The Morgan fingerprint density at radius 1 is 0.186 bits per heavy atom. The first-order valence-electron chi connectivity index (χ1n) is 20.3. The van der Waals surface area contributed by atoms with Crippen LogP contribution in [0.5, 0.6) is 0 Å². The average molecular weight is 750 g/mol. The van der Waals surface area contributed by atoms with Gasteiger partial charge in [0.15, 0.2) is 0 Å². The van der Waals surface area contributed by atoms with E-state index < -0.39 is 0 Å². The third kappa shape index (κ3) is 6.49. The van der Waals surface area contributed by atoms with Crippen molar-refractivity contribution in [3.05, 3.63) is 237 Å². The van der Waals surface area contributed by atoms with Gasteiger partial charge in [-0.2, -0.15) is 0 Å². The van der Waals surface area contributed by atoms with Gasteiger partial charge in [-0.1, -0.05) is 188 Å². The molecule has 0 spiro atoms. The molecule has 1 nitrogen and oxygen atoms in total. The SMILES string of the molecule is c1ccc(-c2ccc(-c3ccc(N(c4cccc(-c5ccc6c(ccc7ccccc76)c5)c4)c4cccc(-c5ccc6c(ccc7ccccc76)c5)c4)cc3)cc2)cc1. The molecule has 0 aromatic heterocycles. The van der Waals surface area contributed by atoms with Gasteiger partial charge in [0.25, 0.3) is 0 Å². The smallest absolute Gasteiger partial charge is 0.0467 e. The first kappa shape index (κ1) is 34.5. The summed E-state index contributed by atoms with van der Waals surface area (Å²) in [6, 6.07) is 86.3. The van der Waals surface area contributed by atoms with E-state index in [0.717, 1.165) is 17.1 Å². The number of fused-ring (bicyclic) bond motifs is 6. The van der Waals surface area contributed by atoms with E-state index in [1.54, 1.807) is 0 Å². The molecular formula is C58H39N. The fourth-order valence-corrected chi connectivity index (χ4v) is 8.77. The lowest BCUT2D eigenvalue weighted by molar-refractivity contribution is 1.28. The van der Waals surface area contributed by atoms with Crippen molar-refractivity contribution in [1.82, 2.24) is 0 Å². The third-order valence-electron chi connectivity index (χ3n) is 11.8. The Hall–Kier alpha value is -7.74. The Morgan fingerprint density at radius 2 is 0.542 bits per heavy atom. The van der Waals surface area contributed by atoms with E-state index in [2.05, 4.69) is 241 Å². The van der Waals surface area contributed by atoms with Crippen LogP contribution >= 0.6 is 0 Å². The van der Waals surface area contributed by atoms with Gasteiger partial charge in [0.2, 0.25) is 0 Å². The first-order valence-corrected chi connectivity index (χ1v) is 20.3. The molecule has 0 aliphatic heterocycles. The summed E-state index contributed by atoms with van der Waals surface area (Å²) < 4.78 is 0. The van der Waals surface area contributed by atoms with Crippen LogP contribution in [-0.2, 0) is 0 Å². The second kappa shape index (κ2) is 14.6. The van der Waals surface area contributed by atoms with Crippen LogP contribution in [-0.4, -0.2) is 0 Å². The van der Waals surface area contributed by atoms with Crippen LogP contribution in [0.1, 0.15) is 0 Å². The normalized spacial score (nSPS) is 11.4. The summed E-state index contributed by atoms with van der Waals surface area (Å²) in [5, 5.41) is 10.1. The second-order valence-electron chi connectivity index (χ2n) is 15.4. The predicted octanol–water partition coefficient (Wildman–Crippen LogP) is 16.4. The lowest BCUT2D eigenvalue weighted by Gasteiger charge is -2.27. The molecule has 0 aliphatic rings. The zero-order valence-electron chi connectivity index (χ0n) is 32.5. The fourth-order valence-electron chi connectivity index (χ4n) is 8.77. The molecule has 0 radical (unpaired) electrons. The highest BCUT2D eigenvalue weighted by molar-refractivity contribution is 6.09. The molecule has 0 aliphatic carbocycles. The minimum absolute atomic E-state index is 1.10. The Bertz CT molecular complexity index is 3140. The summed E-state index contributed by atoms with van der Waals surface area (Å²) in [7, 11) is 0. The number of benzene rings is 11. The van der Waals surface area contributed by atoms with E-state index in [-0.39, 0.29) is 0 Å². The number of hydrogen-bond acceptors (Lipinski definition) is 1. The van der Waals surface area contributed by atoms with Crippen LogP contribution in [0.15, 0.2) is 237 Å². The zero-order valence-corrected chi connectivity index (χ0v) is 32.5. The lowest BCUT2D eigenvalue weighted by atomic mass is 9.96. The average Bonchev–Trinajstić information content (AvgIpc) is 3.32. The quantitative estimate of drug-likeness (QED) is 0.147. The fraction of sp³-hybridized carbons (Fsp3) is 0. The Balaban J connectivity index is 0.995. The first-order chi connectivity index (χ1) is 29.2. The van der Waals surface area contributed by atoms with Gasteiger partial charge in [-0.05, 0) is 136 Å². The van der Waals surface area contributed by atoms with Gasteiger partial charge >= 0.3 is 0 Å². The lowest BCUT2D eigenvalue weighted by Crippen LogP contribution is -2.10. The minimum Gasteiger partial charge on any atom is -0.310 e. The van der Waals surface area contributed by atoms with Crippen LogP contribution < -0.4 is 4.90 Å². The predicted molar refractivity (Wildman–Crippen MR) is 253 cm³/mol. The summed E-state index contributed by atoms with van der Waals surface area (Å²) >= 11 is 0. The number of rotatable bonds is 7. The highest BCUT2D eigenvalue weighted by Gasteiger charge is 2.16. The van der Waals surface area contributed by atoms with Crippen molar-refractivity contribution in [3.63, 3.8) is 0 Å². The Morgan fingerprint density at radius 3 is 1.05 bits per heavy atom. The standard InChI is InChI=1S/C58H39N/c1-2-10-40(11-3-1)41-20-22-42(23-21-41)43-28-32-52(33-29-43)59(53-16-8-14-46(38-53)48-30-34-57-50(36-48)26-24-44-12-4-6-18-55(44)57)54-17-9-15-47(39-54)49-31-35-58-51(37-49)27-25-45-13-5-7-19-56(45)58/h1-39H. The van der Waals surface area contributed by atoms with E-state index in [4.69, 9.17) is 0 Å². The van der Waals surface area contributed by atoms with Crippen molar-refractivity contribution in [2.24, 2.45) is 0 Å². The molecular weight excluding hydrogens is 711 g/mol. The Labute approximate surface area is 344 Å². The van der Waals surface area contributed by atoms with E-state index >= 15 is 0 Å². The topological polar surface area (TPSA) is 3.24 Å². The molecule has 0 amide bonds. The summed E-state index contributed by atoms with van der Waals surface area (Å²) in [5.74, 6) is 0. The number of nitrogens with zero attached hydrogens (tertiary/aromatic N) is 1. The van der Waals surface area contributed by atoms with E-state index in [0.29, 0.717) is 0 Å². The highest BCUT2D eigenvalue weighted by Crippen LogP contribution is 2.40. The molecule has 0 saturated heterocycles. The van der Waals surface area contributed by atoms with Crippen molar-refractivity contribution in [3.8, 4) is 44.5 Å². The summed E-state index contributed by atoms with van der Waals surface area (Å²) in [4.78, 5) is 2.39. The van der Waals surface area contributed by atoms with Gasteiger partial charge in [0, 0.05) is 17.1 Å². The van der Waals surface area contributed by atoms with Crippen LogP contribution in [0, 0.1) is 0 Å². The zero-order chi connectivity index (χ0) is 39.1. The molecule has 11 aromatic rings. The van der Waals surface area contributed by atoms with Crippen LogP contribution in [0.25, 0.3) is 87.6 Å². The molecule has 0 bridgehead atoms. The Kier molecular flexibility index (Phi) is 8.56. The molecule has 0 saturated carbocycles. The monoisotopic (exact) mass is 749 g/mol. The molecule has 1 heteroatoms. The maximum absolute atomic E-state index is 2.39. The van der Waals surface area contributed by atoms with Gasteiger partial charge in [0.1, 0.15) is 0 Å². The molecule has 11 aromatic carbocycles. The van der Waals surface area contributed by atoms with Crippen LogP contribution in [0.4, 0.5) is 17.1 Å². The largest absolute Gasteiger partial charge is 0.310 e. The van der Waals surface area contributed by atoms with Crippen molar-refractivity contribution < 1.29 is 0 Å². The molecule has 0 unspecified atom stereocenters. The molecule has 276 valence electrons. The maximum Gasteiger partial charge on any atom is 0.0467 e. The minimum atomic E-state index is 1.10. The molecule has 11 rings (SSSR count). The van der Waals surface area contributed by atoms with Crippen molar-refractivity contribution >= 4 is 60.2 Å². The molecule has 0 atom stereocenters.